The van der Waals surface area contributed by atoms with E-state index in [9.17, 15) is 9.59 Å². The summed E-state index contributed by atoms with van der Waals surface area (Å²) >= 11 is 0. The fourth-order valence-corrected chi connectivity index (χ4v) is 4.21. The van der Waals surface area contributed by atoms with Gasteiger partial charge in [-0.05, 0) is 64.7 Å². The number of ether oxygens (including phenoxy) is 1. The van der Waals surface area contributed by atoms with Crippen LogP contribution in [0, 0.1) is 5.92 Å². The zero-order valence-corrected chi connectivity index (χ0v) is 15.7. The van der Waals surface area contributed by atoms with Crippen LogP contribution in [0.15, 0.2) is 0 Å². The molecule has 2 heterocycles. The molecule has 3 aliphatic rings. The molecule has 1 saturated carbocycles. The van der Waals surface area contributed by atoms with Gasteiger partial charge in [0, 0.05) is 38.2 Å². The van der Waals surface area contributed by atoms with Crippen LogP contribution in [0.5, 0.6) is 0 Å². The zero-order valence-electron chi connectivity index (χ0n) is 15.7. The van der Waals surface area contributed by atoms with E-state index in [4.69, 9.17) is 4.74 Å². The molecule has 0 unspecified atom stereocenters. The molecule has 0 aromatic rings. The SMILES string of the molecule is CC(C)NC(=O)N1CCC2(CC1)C[C@@H](CC(=O)NC1CCC1)CCO2. The van der Waals surface area contributed by atoms with Crippen LogP contribution in [-0.4, -0.2) is 54.2 Å². The second-order valence-corrected chi connectivity index (χ2v) is 8.38. The van der Waals surface area contributed by atoms with E-state index in [2.05, 4.69) is 10.6 Å². The monoisotopic (exact) mass is 351 g/mol. The van der Waals surface area contributed by atoms with Gasteiger partial charge in [-0.15, -0.1) is 0 Å². The van der Waals surface area contributed by atoms with E-state index in [0.29, 0.717) is 18.4 Å². The maximum Gasteiger partial charge on any atom is 0.317 e. The molecule has 0 radical (unpaired) electrons. The summed E-state index contributed by atoms with van der Waals surface area (Å²) in [5.41, 5.74) is -0.131. The van der Waals surface area contributed by atoms with E-state index in [1.54, 1.807) is 0 Å². The number of urea groups is 1. The van der Waals surface area contributed by atoms with Gasteiger partial charge in [-0.2, -0.15) is 0 Å². The predicted octanol–water partition coefficient (Wildman–Crippen LogP) is 2.42. The molecule has 3 amide bonds. The highest BCUT2D eigenvalue weighted by Gasteiger charge is 2.41. The molecule has 1 aliphatic carbocycles. The van der Waals surface area contributed by atoms with Crippen molar-refractivity contribution in [2.45, 2.75) is 82.9 Å². The van der Waals surface area contributed by atoms with Gasteiger partial charge in [0.15, 0.2) is 0 Å². The van der Waals surface area contributed by atoms with Crippen molar-refractivity contribution in [3.63, 3.8) is 0 Å². The van der Waals surface area contributed by atoms with Crippen molar-refractivity contribution < 1.29 is 14.3 Å². The molecule has 3 rings (SSSR count). The van der Waals surface area contributed by atoms with Gasteiger partial charge in [0.25, 0.3) is 0 Å². The Balaban J connectivity index is 1.46. The van der Waals surface area contributed by atoms with Crippen LogP contribution in [0.4, 0.5) is 4.79 Å². The fraction of sp³-hybridized carbons (Fsp3) is 0.895. The Labute approximate surface area is 151 Å². The van der Waals surface area contributed by atoms with Crippen LogP contribution in [0.2, 0.25) is 0 Å². The second-order valence-electron chi connectivity index (χ2n) is 8.38. The van der Waals surface area contributed by atoms with Crippen LogP contribution in [0.3, 0.4) is 0 Å². The van der Waals surface area contributed by atoms with Gasteiger partial charge in [-0.25, -0.2) is 4.79 Å². The number of likely N-dealkylation sites (tertiary alicyclic amines) is 1. The van der Waals surface area contributed by atoms with Gasteiger partial charge in [0.2, 0.25) is 5.91 Å². The van der Waals surface area contributed by atoms with E-state index in [-0.39, 0.29) is 23.6 Å². The zero-order chi connectivity index (χ0) is 17.9. The number of carbonyl (C=O) groups excluding carboxylic acids is 2. The van der Waals surface area contributed by atoms with Gasteiger partial charge in [-0.3, -0.25) is 4.79 Å². The average Bonchev–Trinajstić information content (AvgIpc) is 2.51. The van der Waals surface area contributed by atoms with Crippen molar-refractivity contribution in [2.24, 2.45) is 5.92 Å². The smallest absolute Gasteiger partial charge is 0.317 e. The topological polar surface area (TPSA) is 70.7 Å². The van der Waals surface area contributed by atoms with Crippen molar-refractivity contribution >= 4 is 11.9 Å². The van der Waals surface area contributed by atoms with Crippen LogP contribution in [0.25, 0.3) is 0 Å². The Kier molecular flexibility index (Phi) is 5.87. The maximum absolute atomic E-state index is 12.2. The second kappa shape index (κ2) is 7.94. The highest BCUT2D eigenvalue weighted by Crippen LogP contribution is 2.38. The molecule has 1 spiro atoms. The van der Waals surface area contributed by atoms with Crippen LogP contribution < -0.4 is 10.6 Å². The lowest BCUT2D eigenvalue weighted by Crippen LogP contribution is -2.53. The minimum Gasteiger partial charge on any atom is -0.375 e. The first-order chi connectivity index (χ1) is 12.0. The highest BCUT2D eigenvalue weighted by atomic mass is 16.5. The Bertz CT molecular complexity index is 482. The fourth-order valence-electron chi connectivity index (χ4n) is 4.21. The summed E-state index contributed by atoms with van der Waals surface area (Å²) in [6.07, 6.45) is 7.81. The third-order valence-electron chi connectivity index (χ3n) is 5.91. The third kappa shape index (κ3) is 4.87. The average molecular weight is 351 g/mol. The first-order valence-electron chi connectivity index (χ1n) is 9.94. The maximum atomic E-state index is 12.2. The van der Waals surface area contributed by atoms with E-state index >= 15 is 0 Å². The van der Waals surface area contributed by atoms with E-state index < -0.39 is 0 Å². The molecule has 3 fully saturated rings. The van der Waals surface area contributed by atoms with Crippen molar-refractivity contribution in [2.75, 3.05) is 19.7 Å². The van der Waals surface area contributed by atoms with E-state index in [1.807, 2.05) is 18.7 Å². The molecule has 6 heteroatoms. The summed E-state index contributed by atoms with van der Waals surface area (Å²) in [6.45, 7) is 6.17. The summed E-state index contributed by atoms with van der Waals surface area (Å²) in [5, 5.41) is 6.12. The van der Waals surface area contributed by atoms with E-state index in [0.717, 1.165) is 58.2 Å². The Morgan fingerprint density at radius 2 is 1.92 bits per heavy atom. The molecular formula is C19H33N3O3. The number of rotatable bonds is 4. The lowest BCUT2D eigenvalue weighted by atomic mass is 9.78. The largest absolute Gasteiger partial charge is 0.375 e. The molecule has 1 atom stereocenters. The molecule has 6 nitrogen and oxygen atoms in total. The number of amides is 3. The first-order valence-corrected chi connectivity index (χ1v) is 9.94. The third-order valence-corrected chi connectivity index (χ3v) is 5.91. The Hall–Kier alpha value is -1.30. The number of carbonyl (C=O) groups is 2. The lowest BCUT2D eigenvalue weighted by molar-refractivity contribution is -0.134. The quantitative estimate of drug-likeness (QED) is 0.817. The summed E-state index contributed by atoms with van der Waals surface area (Å²) in [5.74, 6) is 0.616. The molecule has 2 saturated heterocycles. The number of nitrogens with one attached hydrogen (secondary N) is 2. The summed E-state index contributed by atoms with van der Waals surface area (Å²) in [6, 6.07) is 0.606. The minimum absolute atomic E-state index is 0.0251. The number of hydrogen-bond donors (Lipinski definition) is 2. The van der Waals surface area contributed by atoms with Crippen LogP contribution >= 0.6 is 0 Å². The summed E-state index contributed by atoms with van der Waals surface area (Å²) < 4.78 is 6.15. The molecule has 142 valence electrons. The van der Waals surface area contributed by atoms with Crippen molar-refractivity contribution in [1.29, 1.82) is 0 Å². The lowest BCUT2D eigenvalue weighted by Gasteiger charge is -2.46. The van der Waals surface area contributed by atoms with Gasteiger partial charge >= 0.3 is 6.03 Å². The summed E-state index contributed by atoms with van der Waals surface area (Å²) in [7, 11) is 0. The molecular weight excluding hydrogens is 318 g/mol. The van der Waals surface area contributed by atoms with Crippen molar-refractivity contribution in [3.05, 3.63) is 0 Å². The molecule has 2 N–H and O–H groups in total. The predicted molar refractivity (Wildman–Crippen MR) is 96.3 cm³/mol. The Morgan fingerprint density at radius 3 is 2.52 bits per heavy atom. The normalized spacial score (nSPS) is 26.4. The molecule has 0 aromatic carbocycles. The van der Waals surface area contributed by atoms with E-state index in [1.165, 1.54) is 6.42 Å². The van der Waals surface area contributed by atoms with Crippen molar-refractivity contribution in [3.8, 4) is 0 Å². The van der Waals surface area contributed by atoms with Crippen molar-refractivity contribution in [1.82, 2.24) is 15.5 Å². The standard InChI is InChI=1S/C19H33N3O3/c1-14(2)20-18(24)22-9-7-19(8-10-22)13-15(6-11-25-19)12-17(23)21-16-4-3-5-16/h14-16H,3-13H2,1-2H3,(H,20,24)(H,21,23)/t15-/m1/s1. The molecule has 0 aromatic heterocycles. The van der Waals surface area contributed by atoms with Gasteiger partial charge in [-0.1, -0.05) is 0 Å². The minimum atomic E-state index is -0.131. The number of piperidine rings is 1. The molecule has 2 aliphatic heterocycles. The first kappa shape index (κ1) is 18.5. The molecule has 0 bridgehead atoms. The molecule has 25 heavy (non-hydrogen) atoms. The van der Waals surface area contributed by atoms with Gasteiger partial charge < -0.3 is 20.3 Å². The van der Waals surface area contributed by atoms with Gasteiger partial charge in [0.1, 0.15) is 0 Å². The van der Waals surface area contributed by atoms with Crippen LogP contribution in [-0.2, 0) is 9.53 Å². The summed E-state index contributed by atoms with van der Waals surface area (Å²) in [4.78, 5) is 26.3. The number of nitrogens with zero attached hydrogens (tertiary/aromatic N) is 1. The Morgan fingerprint density at radius 1 is 1.20 bits per heavy atom. The van der Waals surface area contributed by atoms with Gasteiger partial charge in [0.05, 0.1) is 5.60 Å². The van der Waals surface area contributed by atoms with Crippen LogP contribution in [0.1, 0.15) is 65.2 Å². The highest BCUT2D eigenvalue weighted by molar-refractivity contribution is 5.76. The number of hydrogen-bond acceptors (Lipinski definition) is 3.